The molecule has 0 fully saturated rings. The summed E-state index contributed by atoms with van der Waals surface area (Å²) in [7, 11) is 0. The summed E-state index contributed by atoms with van der Waals surface area (Å²) < 4.78 is 11.2. The lowest BCUT2D eigenvalue weighted by molar-refractivity contribution is 0.0735. The molecule has 0 atom stereocenters. The molecule has 4 aromatic carbocycles. The highest BCUT2D eigenvalue weighted by Gasteiger charge is 2.15. The van der Waals surface area contributed by atoms with Crippen molar-refractivity contribution >= 4 is 5.97 Å². The fraction of sp³-hybridized carbons (Fsp3) is 0.0357. The molecule has 0 bridgehead atoms. The summed E-state index contributed by atoms with van der Waals surface area (Å²) in [6, 6.07) is 32.5. The maximum absolute atomic E-state index is 12.9. The monoisotopic (exact) mass is 406 g/mol. The summed E-state index contributed by atoms with van der Waals surface area (Å²) in [4.78, 5) is 12.9. The van der Waals surface area contributed by atoms with E-state index in [1.807, 2.05) is 97.1 Å². The van der Waals surface area contributed by atoms with Crippen LogP contribution in [0.2, 0.25) is 0 Å². The smallest absolute Gasteiger partial charge is 0.344 e. The van der Waals surface area contributed by atoms with Gasteiger partial charge in [-0.3, -0.25) is 0 Å². The Morgan fingerprint density at radius 2 is 1.13 bits per heavy atom. The average molecular weight is 406 g/mol. The van der Waals surface area contributed by atoms with Crippen molar-refractivity contribution in [1.29, 1.82) is 0 Å². The Bertz CT molecular complexity index is 1190. The van der Waals surface area contributed by atoms with Crippen LogP contribution in [-0.2, 0) is 0 Å². The number of esters is 1. The lowest BCUT2D eigenvalue weighted by Crippen LogP contribution is -2.10. The van der Waals surface area contributed by atoms with Gasteiger partial charge in [0.25, 0.3) is 0 Å². The molecule has 0 radical (unpaired) electrons. The topological polar surface area (TPSA) is 35.5 Å². The molecule has 3 heteroatoms. The molecule has 4 rings (SSSR count). The highest BCUT2D eigenvalue weighted by atomic mass is 16.5. The second-order valence-corrected chi connectivity index (χ2v) is 7.15. The highest BCUT2D eigenvalue weighted by Crippen LogP contribution is 2.28. The van der Waals surface area contributed by atoms with E-state index in [4.69, 9.17) is 9.47 Å². The second-order valence-electron chi connectivity index (χ2n) is 7.15. The predicted octanol–water partition coefficient (Wildman–Crippen LogP) is 7.15. The third kappa shape index (κ3) is 4.90. The van der Waals surface area contributed by atoms with Gasteiger partial charge in [-0.1, -0.05) is 79.4 Å². The Morgan fingerprint density at radius 1 is 0.613 bits per heavy atom. The van der Waals surface area contributed by atoms with Crippen molar-refractivity contribution in [3.63, 3.8) is 0 Å². The first-order valence-electron chi connectivity index (χ1n) is 10.0. The molecular formula is C28H22O3. The molecule has 0 aliphatic rings. The van der Waals surface area contributed by atoms with Gasteiger partial charge in [0.2, 0.25) is 0 Å². The number of rotatable bonds is 6. The number of carbonyl (C=O) groups excluding carboxylic acids is 1. The van der Waals surface area contributed by atoms with Gasteiger partial charge < -0.3 is 9.47 Å². The summed E-state index contributed by atoms with van der Waals surface area (Å²) in [6.45, 7) is 5.54. The van der Waals surface area contributed by atoms with Crippen molar-refractivity contribution in [1.82, 2.24) is 0 Å². The van der Waals surface area contributed by atoms with Gasteiger partial charge in [-0.05, 0) is 59.5 Å². The zero-order valence-corrected chi connectivity index (χ0v) is 17.2. The Labute approximate surface area is 182 Å². The van der Waals surface area contributed by atoms with Crippen LogP contribution in [-0.4, -0.2) is 5.97 Å². The molecule has 0 spiro atoms. The SMILES string of the molecule is C=C(C)Oc1ccc(-c2ccccc2C(=O)Oc2ccc(-c3ccccc3)cc2)cc1. The Kier molecular flexibility index (Phi) is 5.95. The van der Waals surface area contributed by atoms with Gasteiger partial charge in [0, 0.05) is 0 Å². The van der Waals surface area contributed by atoms with Crippen molar-refractivity contribution in [2.24, 2.45) is 0 Å². The van der Waals surface area contributed by atoms with Crippen molar-refractivity contribution in [2.45, 2.75) is 6.92 Å². The number of benzene rings is 4. The molecule has 0 heterocycles. The molecule has 0 aliphatic carbocycles. The first-order chi connectivity index (χ1) is 15.1. The number of hydrogen-bond acceptors (Lipinski definition) is 3. The van der Waals surface area contributed by atoms with Gasteiger partial charge in [0.05, 0.1) is 11.3 Å². The third-order valence-electron chi connectivity index (χ3n) is 4.78. The third-order valence-corrected chi connectivity index (χ3v) is 4.78. The van der Waals surface area contributed by atoms with E-state index in [2.05, 4.69) is 6.58 Å². The number of hydrogen-bond donors (Lipinski definition) is 0. The summed E-state index contributed by atoms with van der Waals surface area (Å²) in [5.41, 5.74) is 4.39. The van der Waals surface area contributed by atoms with Crippen molar-refractivity contribution in [3.05, 3.63) is 121 Å². The fourth-order valence-electron chi connectivity index (χ4n) is 3.32. The Hall–Kier alpha value is -4.11. The first-order valence-corrected chi connectivity index (χ1v) is 10.0. The van der Waals surface area contributed by atoms with Gasteiger partial charge in [-0.15, -0.1) is 0 Å². The van der Waals surface area contributed by atoms with Crippen molar-refractivity contribution < 1.29 is 14.3 Å². The normalized spacial score (nSPS) is 10.4. The number of allylic oxidation sites excluding steroid dienone is 1. The van der Waals surface area contributed by atoms with E-state index in [1.54, 1.807) is 13.0 Å². The number of carbonyl (C=O) groups is 1. The van der Waals surface area contributed by atoms with Gasteiger partial charge in [0.1, 0.15) is 11.5 Å². The van der Waals surface area contributed by atoms with E-state index in [-0.39, 0.29) is 0 Å². The fourth-order valence-corrected chi connectivity index (χ4v) is 3.32. The van der Waals surface area contributed by atoms with E-state index >= 15 is 0 Å². The maximum atomic E-state index is 12.9. The van der Waals surface area contributed by atoms with E-state index in [1.165, 1.54) is 0 Å². The van der Waals surface area contributed by atoms with E-state index < -0.39 is 5.97 Å². The van der Waals surface area contributed by atoms with Crippen molar-refractivity contribution in [3.8, 4) is 33.8 Å². The van der Waals surface area contributed by atoms with Gasteiger partial charge >= 0.3 is 5.97 Å². The van der Waals surface area contributed by atoms with Crippen LogP contribution in [0.3, 0.4) is 0 Å². The van der Waals surface area contributed by atoms with Crippen LogP contribution in [0.4, 0.5) is 0 Å². The van der Waals surface area contributed by atoms with Gasteiger partial charge in [-0.25, -0.2) is 4.79 Å². The lowest BCUT2D eigenvalue weighted by atomic mass is 9.99. The maximum Gasteiger partial charge on any atom is 0.344 e. The molecule has 0 saturated heterocycles. The van der Waals surface area contributed by atoms with Gasteiger partial charge in [0.15, 0.2) is 0 Å². The highest BCUT2D eigenvalue weighted by molar-refractivity contribution is 5.98. The molecule has 0 aliphatic heterocycles. The van der Waals surface area contributed by atoms with E-state index in [9.17, 15) is 4.79 Å². The van der Waals surface area contributed by atoms with Crippen LogP contribution < -0.4 is 9.47 Å². The van der Waals surface area contributed by atoms with Crippen LogP contribution >= 0.6 is 0 Å². The Morgan fingerprint density at radius 3 is 1.77 bits per heavy atom. The van der Waals surface area contributed by atoms with Crippen LogP contribution in [0.1, 0.15) is 17.3 Å². The summed E-state index contributed by atoms with van der Waals surface area (Å²) >= 11 is 0. The molecule has 0 aromatic heterocycles. The van der Waals surface area contributed by atoms with E-state index in [0.29, 0.717) is 22.8 Å². The van der Waals surface area contributed by atoms with Crippen LogP contribution in [0.5, 0.6) is 11.5 Å². The van der Waals surface area contributed by atoms with Crippen LogP contribution in [0, 0.1) is 0 Å². The minimum Gasteiger partial charge on any atom is -0.463 e. The molecule has 0 saturated carbocycles. The molecule has 0 amide bonds. The minimum absolute atomic E-state index is 0.398. The molecule has 152 valence electrons. The first kappa shape index (κ1) is 20.2. The molecule has 4 aromatic rings. The molecule has 0 unspecified atom stereocenters. The number of ether oxygens (including phenoxy) is 2. The molecule has 31 heavy (non-hydrogen) atoms. The van der Waals surface area contributed by atoms with Crippen molar-refractivity contribution in [2.75, 3.05) is 0 Å². The summed E-state index contributed by atoms with van der Waals surface area (Å²) in [5.74, 6) is 1.43. The quantitative estimate of drug-likeness (QED) is 0.194. The zero-order chi connectivity index (χ0) is 21.6. The minimum atomic E-state index is -0.398. The Balaban J connectivity index is 1.54. The van der Waals surface area contributed by atoms with Crippen LogP contribution in [0.25, 0.3) is 22.3 Å². The second kappa shape index (κ2) is 9.14. The van der Waals surface area contributed by atoms with Crippen LogP contribution in [0.15, 0.2) is 115 Å². The van der Waals surface area contributed by atoms with Gasteiger partial charge in [-0.2, -0.15) is 0 Å². The average Bonchev–Trinajstić information content (AvgIpc) is 2.80. The standard InChI is InChI=1S/C28H22O3/c1-20(2)30-24-18-14-23(15-19-24)26-10-6-7-11-27(26)28(29)31-25-16-12-22(13-17-25)21-8-4-3-5-9-21/h3-19H,1H2,2H3. The largest absolute Gasteiger partial charge is 0.463 e. The lowest BCUT2D eigenvalue weighted by Gasteiger charge is -2.11. The summed E-state index contributed by atoms with van der Waals surface area (Å²) in [6.07, 6.45) is 0. The predicted molar refractivity (Wildman–Crippen MR) is 124 cm³/mol. The molecule has 0 N–H and O–H groups in total. The summed E-state index contributed by atoms with van der Waals surface area (Å²) in [5, 5.41) is 0. The van der Waals surface area contributed by atoms with E-state index in [0.717, 1.165) is 22.3 Å². The zero-order valence-electron chi connectivity index (χ0n) is 17.2. The molecular weight excluding hydrogens is 384 g/mol. The molecule has 3 nitrogen and oxygen atoms in total.